The van der Waals surface area contributed by atoms with Crippen LogP contribution in [0.1, 0.15) is 31.8 Å². The van der Waals surface area contributed by atoms with Crippen molar-refractivity contribution in [3.05, 3.63) is 46.5 Å². The fourth-order valence-electron chi connectivity index (χ4n) is 3.59. The molecule has 6 N–H and O–H groups in total. The van der Waals surface area contributed by atoms with Gasteiger partial charge in [0.1, 0.15) is 24.6 Å². The van der Waals surface area contributed by atoms with E-state index in [2.05, 4.69) is 10.6 Å². The van der Waals surface area contributed by atoms with Crippen LogP contribution < -0.4 is 10.6 Å². The van der Waals surface area contributed by atoms with Crippen molar-refractivity contribution in [3.63, 3.8) is 0 Å². The fourth-order valence-corrected chi connectivity index (χ4v) is 3.59. The molecule has 0 saturated carbocycles. The molecule has 1 aliphatic carbocycles. The Balaban J connectivity index is 2.08. The monoisotopic (exact) mass is 446 g/mol. The molecule has 0 radical (unpaired) electrons. The molecule has 0 amide bonds. The summed E-state index contributed by atoms with van der Waals surface area (Å²) in [6, 6.07) is 5.64. The summed E-state index contributed by atoms with van der Waals surface area (Å²) in [5.74, 6) is -1.97. The van der Waals surface area contributed by atoms with Crippen LogP contribution in [0.25, 0.3) is 0 Å². The van der Waals surface area contributed by atoms with Gasteiger partial charge in [-0.25, -0.2) is 10.4 Å². The molecule has 172 valence electrons. The maximum Gasteiger partial charge on any atom is 0.200 e. The zero-order valence-electron chi connectivity index (χ0n) is 18.6. The topological polar surface area (TPSA) is 139 Å². The van der Waals surface area contributed by atoms with Gasteiger partial charge in [0.15, 0.2) is 0 Å². The molecule has 10 nitrogen and oxygen atoms in total. The number of fused-ring (bicyclic) bond motifs is 2. The van der Waals surface area contributed by atoms with Gasteiger partial charge in [-0.2, -0.15) is 9.29 Å². The Bertz CT molecular complexity index is 986. The predicted molar refractivity (Wildman–Crippen MR) is 118 cm³/mol. The van der Waals surface area contributed by atoms with E-state index in [1.807, 2.05) is 0 Å². The van der Waals surface area contributed by atoms with E-state index in [-0.39, 0.29) is 31.5 Å². The van der Waals surface area contributed by atoms with Crippen LogP contribution in [0, 0.1) is 0 Å². The first kappa shape index (κ1) is 23.5. The van der Waals surface area contributed by atoms with E-state index < -0.39 is 23.1 Å². The number of hydrogen-bond donors (Lipinski definition) is 6. The number of carbonyl (C=O) groups excluding carboxylic acids is 2. The Labute approximate surface area is 186 Å². The van der Waals surface area contributed by atoms with Crippen LogP contribution in [0.3, 0.4) is 0 Å². The van der Waals surface area contributed by atoms with Crippen molar-refractivity contribution in [2.75, 3.05) is 65.0 Å². The molecule has 3 rings (SSSR count). The Morgan fingerprint density at radius 3 is 1.31 bits per heavy atom. The Morgan fingerprint density at radius 1 is 0.656 bits per heavy atom. The van der Waals surface area contributed by atoms with E-state index in [1.54, 1.807) is 40.3 Å². The average molecular weight is 447 g/mol. The molecule has 0 aliphatic heterocycles. The van der Waals surface area contributed by atoms with Crippen molar-refractivity contribution in [2.24, 2.45) is 0 Å². The first-order valence-corrected chi connectivity index (χ1v) is 10.2. The predicted octanol–water partition coefficient (Wildman–Crippen LogP) is 1.63. The molecule has 0 saturated heterocycles. The van der Waals surface area contributed by atoms with Crippen LogP contribution >= 0.6 is 0 Å². The second-order valence-corrected chi connectivity index (χ2v) is 8.97. The summed E-state index contributed by atoms with van der Waals surface area (Å²) < 4.78 is -0.567. The molecule has 0 fully saturated rings. The largest absolute Gasteiger partial charge is 0.507 e. The summed E-state index contributed by atoms with van der Waals surface area (Å²) in [6.45, 7) is 1.31. The highest BCUT2D eigenvalue weighted by Gasteiger charge is 2.38. The number of nitrogens with zero attached hydrogens (tertiary/aromatic N) is 2. The summed E-state index contributed by atoms with van der Waals surface area (Å²) in [4.78, 5) is 26.8. The third-order valence-corrected chi connectivity index (χ3v) is 5.22. The first-order chi connectivity index (χ1) is 14.8. The minimum Gasteiger partial charge on any atom is -0.507 e. The number of phenols is 2. The number of quaternary nitrogens is 2. The highest BCUT2D eigenvalue weighted by molar-refractivity contribution is 6.33. The van der Waals surface area contributed by atoms with Gasteiger partial charge in [-0.15, -0.1) is 0 Å². The highest BCUT2D eigenvalue weighted by atomic mass is 16.5. The number of hydrogen-bond acceptors (Lipinski definition) is 8. The van der Waals surface area contributed by atoms with E-state index in [1.165, 1.54) is 12.1 Å². The fraction of sp³-hybridized carbons (Fsp3) is 0.364. The van der Waals surface area contributed by atoms with E-state index >= 15 is 0 Å². The van der Waals surface area contributed by atoms with Crippen LogP contribution in [0.5, 0.6) is 11.5 Å². The van der Waals surface area contributed by atoms with E-state index in [0.29, 0.717) is 37.6 Å². The van der Waals surface area contributed by atoms with Crippen molar-refractivity contribution in [2.45, 2.75) is 0 Å². The second kappa shape index (κ2) is 8.40. The minimum atomic E-state index is -0.592. The highest BCUT2D eigenvalue weighted by Crippen LogP contribution is 2.42. The molecule has 0 spiro atoms. The van der Waals surface area contributed by atoms with E-state index in [0.717, 1.165) is 0 Å². The zero-order chi connectivity index (χ0) is 23.8. The lowest BCUT2D eigenvalue weighted by atomic mass is 9.81. The molecule has 0 bridgehead atoms. The average Bonchev–Trinajstić information content (AvgIpc) is 2.66. The van der Waals surface area contributed by atoms with Gasteiger partial charge in [0.2, 0.25) is 11.6 Å². The van der Waals surface area contributed by atoms with Crippen LogP contribution in [0.2, 0.25) is 0 Å². The van der Waals surface area contributed by atoms with Crippen molar-refractivity contribution >= 4 is 22.9 Å². The Hall–Kier alpha value is -3.18. The number of phenolic OH excluding ortho intramolecular Hbond substituents is 2. The van der Waals surface area contributed by atoms with E-state index in [9.17, 15) is 30.2 Å². The summed E-state index contributed by atoms with van der Waals surface area (Å²) in [6.07, 6.45) is 0. The molecular weight excluding hydrogens is 416 g/mol. The molecule has 0 aromatic heterocycles. The summed E-state index contributed by atoms with van der Waals surface area (Å²) in [5.41, 5.74) is 0.431. The first-order valence-electron chi connectivity index (χ1n) is 10.2. The lowest BCUT2D eigenvalue weighted by Gasteiger charge is -2.26. The van der Waals surface area contributed by atoms with Crippen molar-refractivity contribution in [1.29, 1.82) is 0 Å². The molecule has 0 atom stereocenters. The summed E-state index contributed by atoms with van der Waals surface area (Å²) >= 11 is 0. The summed E-state index contributed by atoms with van der Waals surface area (Å²) in [5, 5.41) is 46.6. The molecular formula is C22H30N4O6+2. The number of likely N-dealkylation sites (N-methyl/N-ethyl adjacent to an activating group) is 2. The molecule has 32 heavy (non-hydrogen) atoms. The smallest absolute Gasteiger partial charge is 0.200 e. The van der Waals surface area contributed by atoms with Crippen LogP contribution in [-0.4, -0.2) is 95.9 Å². The van der Waals surface area contributed by atoms with Gasteiger partial charge in [0, 0.05) is 11.4 Å². The number of nitrogens with one attached hydrogen (secondary N) is 2. The molecule has 2 aromatic carbocycles. The summed E-state index contributed by atoms with van der Waals surface area (Å²) in [7, 11) is 6.43. The molecule has 1 aliphatic rings. The third kappa shape index (κ3) is 4.83. The van der Waals surface area contributed by atoms with Gasteiger partial charge in [0.05, 0.1) is 63.5 Å². The molecule has 10 heteroatoms. The van der Waals surface area contributed by atoms with Crippen LogP contribution in [0.15, 0.2) is 24.3 Å². The van der Waals surface area contributed by atoms with Crippen molar-refractivity contribution < 1.29 is 39.5 Å². The SMILES string of the molecule is C[N+](C)(O)CCNc1ccc(NCC[N+](C)(C)O)c2c1C(=O)c1c(O)ccc(O)c1C2=O. The Morgan fingerprint density at radius 2 is 1.00 bits per heavy atom. The Kier molecular flexibility index (Phi) is 6.16. The number of aromatic hydroxyl groups is 2. The van der Waals surface area contributed by atoms with Gasteiger partial charge in [0.25, 0.3) is 0 Å². The molecule has 0 heterocycles. The number of carbonyl (C=O) groups is 2. The third-order valence-electron chi connectivity index (χ3n) is 5.22. The van der Waals surface area contributed by atoms with Gasteiger partial charge in [-0.1, -0.05) is 0 Å². The maximum absolute atomic E-state index is 13.4. The van der Waals surface area contributed by atoms with Crippen molar-refractivity contribution in [1.82, 2.24) is 0 Å². The van der Waals surface area contributed by atoms with Gasteiger partial charge >= 0.3 is 0 Å². The number of rotatable bonds is 8. The maximum atomic E-state index is 13.4. The lowest BCUT2D eigenvalue weighted by molar-refractivity contribution is -1.07. The molecule has 2 aromatic rings. The standard InChI is InChI=1S/C22H28N4O6/c1-25(2,31)11-9-23-13-5-6-14(24-10-12-26(3,4)32)18-17(13)21(29)19-15(27)7-8-16(28)20(19)22(18)30/h5-8,31-32H,9-12H2,1-4H3,(H2-2,23,24,27,28,29,30)/p+2. The van der Waals surface area contributed by atoms with E-state index in [4.69, 9.17) is 0 Å². The van der Waals surface area contributed by atoms with Gasteiger partial charge < -0.3 is 20.8 Å². The van der Waals surface area contributed by atoms with Crippen molar-refractivity contribution in [3.8, 4) is 11.5 Å². The van der Waals surface area contributed by atoms with Crippen LogP contribution in [-0.2, 0) is 0 Å². The molecule has 0 unspecified atom stereocenters. The van der Waals surface area contributed by atoms with Gasteiger partial charge in [-0.05, 0) is 24.3 Å². The minimum absolute atomic E-state index is 0.0781. The number of benzene rings is 2. The number of ketones is 2. The van der Waals surface area contributed by atoms with Gasteiger partial charge in [-0.3, -0.25) is 9.59 Å². The number of hydroxylamine groups is 6. The lowest BCUT2D eigenvalue weighted by Crippen LogP contribution is -2.40. The van der Waals surface area contributed by atoms with Crippen LogP contribution in [0.4, 0.5) is 11.4 Å². The normalized spacial score (nSPS) is 13.6. The number of anilines is 2. The second-order valence-electron chi connectivity index (χ2n) is 8.97. The quantitative estimate of drug-likeness (QED) is 0.174. The zero-order valence-corrected chi connectivity index (χ0v) is 18.6.